The van der Waals surface area contributed by atoms with Crippen LogP contribution < -0.4 is 0 Å². The van der Waals surface area contributed by atoms with Gasteiger partial charge in [-0.25, -0.2) is 0 Å². The van der Waals surface area contributed by atoms with Gasteiger partial charge in [-0.15, -0.1) is 0 Å². The Morgan fingerprint density at radius 1 is 1.07 bits per heavy atom. The summed E-state index contributed by atoms with van der Waals surface area (Å²) in [5.41, 5.74) is 1.38. The van der Waals surface area contributed by atoms with Crippen molar-refractivity contribution in [1.82, 2.24) is 0 Å². The lowest BCUT2D eigenvalue weighted by Gasteiger charge is -2.59. The van der Waals surface area contributed by atoms with Crippen LogP contribution >= 0.6 is 22.6 Å². The first-order valence-corrected chi connectivity index (χ1v) is 13.4. The van der Waals surface area contributed by atoms with E-state index in [0.29, 0.717) is 5.92 Å². The topological polar surface area (TPSA) is 35.5 Å². The van der Waals surface area contributed by atoms with Gasteiger partial charge in [0.25, 0.3) is 0 Å². The van der Waals surface area contributed by atoms with Gasteiger partial charge in [0.05, 0.1) is 12.2 Å². The zero-order chi connectivity index (χ0) is 21.2. The lowest BCUT2D eigenvalue weighted by atomic mass is 9.80. The largest absolute Gasteiger partial charge is 0.390 e. The lowest BCUT2D eigenvalue weighted by Crippen LogP contribution is -2.67. The highest BCUT2D eigenvalue weighted by molar-refractivity contribution is 14.1. The number of hydrogen-bond donors (Lipinski definition) is 0. The van der Waals surface area contributed by atoms with Gasteiger partial charge in [0.1, 0.15) is 6.29 Å². The summed E-state index contributed by atoms with van der Waals surface area (Å²) in [6, 6.07) is 0. The number of aldehydes is 1. The predicted octanol–water partition coefficient (Wildman–Crippen LogP) is 7.04. The van der Waals surface area contributed by atoms with Crippen LogP contribution in [0, 0.1) is 17.8 Å². The molecule has 0 aromatic heterocycles. The molecule has 0 aliphatic carbocycles. The number of hydrogen-bond acceptors (Lipinski definition) is 3. The van der Waals surface area contributed by atoms with Gasteiger partial charge in [-0.3, -0.25) is 0 Å². The minimum atomic E-state index is -2.65. The van der Waals surface area contributed by atoms with Gasteiger partial charge < -0.3 is 13.6 Å². The fraction of sp³-hybridized carbons (Fsp3) is 0.864. The molecule has 0 saturated carbocycles. The van der Waals surface area contributed by atoms with Crippen molar-refractivity contribution in [3.63, 3.8) is 0 Å². The van der Waals surface area contributed by atoms with Gasteiger partial charge in [-0.05, 0) is 29.8 Å². The molecule has 0 aromatic rings. The number of carbonyl (C=O) groups is 1. The highest BCUT2D eigenvalue weighted by Crippen LogP contribution is 2.57. The highest BCUT2D eigenvalue weighted by atomic mass is 127. The normalized spacial score (nSPS) is 29.3. The molecule has 0 bridgehead atoms. The Balaban J connectivity index is 3.52. The molecule has 1 aliphatic rings. The van der Waals surface area contributed by atoms with Crippen molar-refractivity contribution < 1.29 is 13.6 Å². The number of allylic oxidation sites excluding steroid dienone is 1. The maximum atomic E-state index is 11.8. The monoisotopic (exact) mass is 508 g/mol. The van der Waals surface area contributed by atoms with E-state index in [0.717, 1.165) is 19.1 Å². The van der Waals surface area contributed by atoms with Crippen LogP contribution in [0.2, 0.25) is 10.1 Å². The van der Waals surface area contributed by atoms with Crippen molar-refractivity contribution in [1.29, 1.82) is 0 Å². The molecule has 0 amide bonds. The summed E-state index contributed by atoms with van der Waals surface area (Å²) in [5.74, 6) is 0.515. The third-order valence-corrected chi connectivity index (χ3v) is 12.2. The van der Waals surface area contributed by atoms with Crippen LogP contribution in [-0.4, -0.2) is 27.1 Å². The minimum absolute atomic E-state index is 0.0669. The van der Waals surface area contributed by atoms with Crippen LogP contribution in [0.5, 0.6) is 0 Å². The third-order valence-electron chi connectivity index (χ3n) is 6.02. The summed E-state index contributed by atoms with van der Waals surface area (Å²) in [4.78, 5) is 11.8. The highest BCUT2D eigenvalue weighted by Gasteiger charge is 2.64. The van der Waals surface area contributed by atoms with E-state index in [9.17, 15) is 4.79 Å². The van der Waals surface area contributed by atoms with E-state index in [2.05, 4.69) is 89.0 Å². The summed E-state index contributed by atoms with van der Waals surface area (Å²) >= 11 is 2.32. The van der Waals surface area contributed by atoms with Crippen molar-refractivity contribution in [3.8, 4) is 0 Å². The van der Waals surface area contributed by atoms with Crippen LogP contribution in [0.15, 0.2) is 9.66 Å². The molecule has 1 rings (SSSR count). The molecule has 1 heterocycles. The molecule has 0 spiro atoms. The maximum Gasteiger partial charge on any atom is 0.349 e. The minimum Gasteiger partial charge on any atom is -0.390 e. The first kappa shape index (κ1) is 25.3. The van der Waals surface area contributed by atoms with Crippen molar-refractivity contribution in [3.05, 3.63) is 9.66 Å². The Bertz CT molecular complexity index is 519. The van der Waals surface area contributed by atoms with Crippen LogP contribution in [0.4, 0.5) is 0 Å². The fourth-order valence-electron chi connectivity index (χ4n) is 4.85. The smallest absolute Gasteiger partial charge is 0.349 e. The van der Waals surface area contributed by atoms with Crippen molar-refractivity contribution in [2.45, 2.75) is 104 Å². The third kappa shape index (κ3) is 5.26. The van der Waals surface area contributed by atoms with Gasteiger partial charge >= 0.3 is 8.56 Å². The first-order valence-electron chi connectivity index (χ1n) is 10.3. The molecule has 0 N–H and O–H groups in total. The van der Waals surface area contributed by atoms with E-state index < -0.39 is 8.56 Å². The Kier molecular flexibility index (Phi) is 8.81. The second-order valence-corrected chi connectivity index (χ2v) is 15.8. The number of halogens is 1. The van der Waals surface area contributed by atoms with Gasteiger partial charge in [0, 0.05) is 21.9 Å². The second kappa shape index (κ2) is 9.39. The Labute approximate surface area is 182 Å². The molecule has 3 nitrogen and oxygen atoms in total. The Morgan fingerprint density at radius 2 is 1.56 bits per heavy atom. The van der Waals surface area contributed by atoms with Crippen LogP contribution in [-0.2, 0) is 13.6 Å². The molecule has 5 atom stereocenters. The average Bonchev–Trinajstić information content (AvgIpc) is 2.57. The molecular weight excluding hydrogens is 467 g/mol. The molecular formula is C22H41IO3Si. The molecule has 1 saturated heterocycles. The molecule has 5 heteroatoms. The van der Waals surface area contributed by atoms with Crippen molar-refractivity contribution in [2.24, 2.45) is 17.8 Å². The first-order chi connectivity index (χ1) is 12.3. The number of rotatable bonds is 6. The van der Waals surface area contributed by atoms with Gasteiger partial charge in [0.2, 0.25) is 0 Å². The second-order valence-electron chi connectivity index (χ2n) is 10.5. The molecule has 0 aromatic carbocycles. The zero-order valence-electron chi connectivity index (χ0n) is 19.1. The summed E-state index contributed by atoms with van der Waals surface area (Å²) in [6.45, 7) is 22.2. The van der Waals surface area contributed by atoms with E-state index in [1.54, 1.807) is 0 Å². The molecule has 1 aliphatic heterocycles. The molecule has 0 unspecified atom stereocenters. The summed E-state index contributed by atoms with van der Waals surface area (Å²) in [7, 11) is -2.65. The average molecular weight is 509 g/mol. The fourth-order valence-corrected chi connectivity index (χ4v) is 10.4. The maximum absolute atomic E-state index is 11.8. The molecule has 1 fully saturated rings. The van der Waals surface area contributed by atoms with Crippen LogP contribution in [0.3, 0.4) is 0 Å². The van der Waals surface area contributed by atoms with E-state index in [1.165, 1.54) is 5.57 Å². The Hall–Kier alpha value is 0.277. The van der Waals surface area contributed by atoms with E-state index in [1.807, 2.05) is 6.92 Å². The standard InChI is InChI=1S/C22H41IO3Si/c1-11-18-19(16(3)12-15(2)13-23)25-27(21(5,6)7,22(8,9)10)26-20(18)17(4)14-24/h13-14,16-20H,11-12H2,1-10H3/b15-13+/t16-,17+,18+,19+,20-/m1/s1. The lowest BCUT2D eigenvalue weighted by molar-refractivity contribution is -0.128. The molecule has 0 radical (unpaired) electrons. The SMILES string of the molecule is CC[C@H]1[C@H]([C@H](C)C/C(C)=C/I)O[Si](C(C)(C)C)(C(C)(C)C)O[C@@H]1[C@@H](C)C=O. The zero-order valence-corrected chi connectivity index (χ0v) is 22.2. The van der Waals surface area contributed by atoms with Crippen molar-refractivity contribution >= 4 is 37.4 Å². The summed E-state index contributed by atoms with van der Waals surface area (Å²) < 4.78 is 16.2. The predicted molar refractivity (Wildman–Crippen MR) is 125 cm³/mol. The van der Waals surface area contributed by atoms with Crippen molar-refractivity contribution in [2.75, 3.05) is 0 Å². The molecule has 27 heavy (non-hydrogen) atoms. The van der Waals surface area contributed by atoms with Gasteiger partial charge in [-0.2, -0.15) is 0 Å². The van der Waals surface area contributed by atoms with E-state index in [-0.39, 0.29) is 34.1 Å². The summed E-state index contributed by atoms with van der Waals surface area (Å²) in [5, 5.41) is -0.173. The molecule has 158 valence electrons. The van der Waals surface area contributed by atoms with Gasteiger partial charge in [0.15, 0.2) is 0 Å². The van der Waals surface area contributed by atoms with E-state index >= 15 is 0 Å². The van der Waals surface area contributed by atoms with E-state index in [4.69, 9.17) is 8.85 Å². The Morgan fingerprint density at radius 3 is 1.93 bits per heavy atom. The van der Waals surface area contributed by atoms with Gasteiger partial charge in [-0.1, -0.05) is 90.5 Å². The number of carbonyl (C=O) groups excluding carboxylic acids is 1. The summed E-state index contributed by atoms with van der Waals surface area (Å²) in [6.07, 6.45) is 3.10. The van der Waals surface area contributed by atoms with Crippen LogP contribution in [0.1, 0.15) is 82.1 Å². The quantitative estimate of drug-likeness (QED) is 0.219. The van der Waals surface area contributed by atoms with Crippen LogP contribution in [0.25, 0.3) is 0 Å².